The number of carbonyl (C=O) groups is 1. The Hall–Kier alpha value is 0. The van der Waals surface area contributed by atoms with E-state index in [0.29, 0.717) is 0 Å². The molecule has 0 fully saturated rings. The number of primary amides is 1. The standard InChI is InChI=1S/CH3NO2.HI/c2-1(3)4;/h2H2,(H,3,4);1H. The van der Waals surface area contributed by atoms with Gasteiger partial charge in [-0.1, -0.05) is 0 Å². The Morgan fingerprint density at radius 2 is 1.80 bits per heavy atom. The number of hydrogen-bond donors (Lipinski definition) is 2. The van der Waals surface area contributed by atoms with E-state index in [9.17, 15) is 0 Å². The number of nitrogens with two attached hydrogens (primary N) is 1. The van der Waals surface area contributed by atoms with Crippen LogP contribution in [0.25, 0.3) is 0 Å². The highest BCUT2D eigenvalue weighted by atomic mass is 127. The zero-order valence-corrected chi connectivity index (χ0v) is 4.67. The van der Waals surface area contributed by atoms with E-state index in [-0.39, 0.29) is 24.0 Å². The molecule has 0 aromatic rings. The number of carboxylic acid groups (broad SMARTS) is 1. The van der Waals surface area contributed by atoms with Gasteiger partial charge in [-0.25, -0.2) is 4.79 Å². The molecule has 0 aliphatic rings. The van der Waals surface area contributed by atoms with Crippen molar-refractivity contribution in [3.05, 3.63) is 0 Å². The molecule has 0 atom stereocenters. The first-order chi connectivity index (χ1) is 1.73. The van der Waals surface area contributed by atoms with E-state index in [1.54, 1.807) is 0 Å². The molecule has 0 unspecified atom stereocenters. The summed E-state index contributed by atoms with van der Waals surface area (Å²) < 4.78 is 0. The predicted octanol–water partition coefficient (Wildman–Crippen LogP) is 0.241. The fourth-order valence-corrected chi connectivity index (χ4v) is 0. The smallest absolute Gasteiger partial charge is 0.402 e. The summed E-state index contributed by atoms with van der Waals surface area (Å²) in [6.45, 7) is 0. The molecule has 0 radical (unpaired) electrons. The Morgan fingerprint density at radius 3 is 1.80 bits per heavy atom. The molecular formula is CH4INO2. The van der Waals surface area contributed by atoms with Crippen molar-refractivity contribution in [3.8, 4) is 0 Å². The number of rotatable bonds is 0. The summed E-state index contributed by atoms with van der Waals surface area (Å²) in [6.07, 6.45) is -1.33. The second-order valence-corrected chi connectivity index (χ2v) is 0.338. The molecule has 0 aliphatic carbocycles. The number of halogens is 1. The Morgan fingerprint density at radius 1 is 1.80 bits per heavy atom. The molecule has 0 heterocycles. The lowest BCUT2D eigenvalue weighted by atomic mass is 11.3. The van der Waals surface area contributed by atoms with Gasteiger partial charge in [0.25, 0.3) is 0 Å². The van der Waals surface area contributed by atoms with Crippen molar-refractivity contribution in [3.63, 3.8) is 0 Å². The highest BCUT2D eigenvalue weighted by molar-refractivity contribution is 14.0. The van der Waals surface area contributed by atoms with Crippen LogP contribution in [0, 0.1) is 0 Å². The SMILES string of the molecule is I.NC(=O)O. The zero-order valence-electron chi connectivity index (χ0n) is 2.34. The van der Waals surface area contributed by atoms with Crippen molar-refractivity contribution in [2.75, 3.05) is 0 Å². The first-order valence-electron chi connectivity index (χ1n) is 0.716. The summed E-state index contributed by atoms with van der Waals surface area (Å²) in [5.74, 6) is 0. The van der Waals surface area contributed by atoms with Gasteiger partial charge in [0.15, 0.2) is 0 Å². The van der Waals surface area contributed by atoms with E-state index < -0.39 is 6.09 Å². The number of amides is 1. The van der Waals surface area contributed by atoms with Gasteiger partial charge < -0.3 is 10.8 Å². The Labute approximate surface area is 46.2 Å². The molecule has 0 aromatic heterocycles. The molecule has 4 heteroatoms. The highest BCUT2D eigenvalue weighted by Crippen LogP contribution is 1.34. The second kappa shape index (κ2) is 4.00. The largest absolute Gasteiger partial charge is 0.465 e. The van der Waals surface area contributed by atoms with Crippen LogP contribution < -0.4 is 5.73 Å². The van der Waals surface area contributed by atoms with Crippen LogP contribution in [0.5, 0.6) is 0 Å². The van der Waals surface area contributed by atoms with Gasteiger partial charge in [-0.3, -0.25) is 0 Å². The van der Waals surface area contributed by atoms with Gasteiger partial charge in [0.2, 0.25) is 0 Å². The molecule has 32 valence electrons. The first kappa shape index (κ1) is 8.89. The molecule has 0 spiro atoms. The average molecular weight is 189 g/mol. The molecule has 5 heavy (non-hydrogen) atoms. The molecule has 0 bridgehead atoms. The van der Waals surface area contributed by atoms with Gasteiger partial charge in [-0.15, -0.1) is 24.0 Å². The van der Waals surface area contributed by atoms with Gasteiger partial charge in [0.05, 0.1) is 0 Å². The Kier molecular flexibility index (Phi) is 7.11. The van der Waals surface area contributed by atoms with Gasteiger partial charge in [0, 0.05) is 0 Å². The van der Waals surface area contributed by atoms with E-state index in [0.717, 1.165) is 0 Å². The van der Waals surface area contributed by atoms with Crippen molar-refractivity contribution in [1.29, 1.82) is 0 Å². The van der Waals surface area contributed by atoms with E-state index >= 15 is 0 Å². The molecular weight excluding hydrogens is 185 g/mol. The summed E-state index contributed by atoms with van der Waals surface area (Å²) in [4.78, 5) is 8.78. The van der Waals surface area contributed by atoms with E-state index in [1.807, 2.05) is 0 Å². The van der Waals surface area contributed by atoms with Crippen LogP contribution in [-0.4, -0.2) is 11.2 Å². The van der Waals surface area contributed by atoms with Crippen molar-refractivity contribution in [2.24, 2.45) is 5.73 Å². The molecule has 3 nitrogen and oxygen atoms in total. The van der Waals surface area contributed by atoms with E-state index in [4.69, 9.17) is 9.90 Å². The molecule has 0 saturated heterocycles. The molecule has 0 aliphatic heterocycles. The summed E-state index contributed by atoms with van der Waals surface area (Å²) in [5, 5.41) is 7.19. The fourth-order valence-electron chi connectivity index (χ4n) is 0. The zero-order chi connectivity index (χ0) is 3.58. The minimum absolute atomic E-state index is 0. The third-order valence-electron chi connectivity index (χ3n) is 0. The predicted molar refractivity (Wildman–Crippen MR) is 27.6 cm³/mol. The van der Waals surface area contributed by atoms with Crippen LogP contribution in [-0.2, 0) is 0 Å². The summed E-state index contributed by atoms with van der Waals surface area (Å²) >= 11 is 0. The molecule has 0 aromatic carbocycles. The van der Waals surface area contributed by atoms with Crippen LogP contribution in [0.3, 0.4) is 0 Å². The highest BCUT2D eigenvalue weighted by Gasteiger charge is 1.65. The van der Waals surface area contributed by atoms with Crippen molar-refractivity contribution < 1.29 is 9.90 Å². The Bertz CT molecular complexity index is 32.6. The second-order valence-electron chi connectivity index (χ2n) is 0.338. The molecule has 3 N–H and O–H groups in total. The quantitative estimate of drug-likeness (QED) is 0.536. The van der Waals surface area contributed by atoms with Gasteiger partial charge in [0.1, 0.15) is 0 Å². The molecule has 0 rings (SSSR count). The van der Waals surface area contributed by atoms with Crippen LogP contribution >= 0.6 is 24.0 Å². The third-order valence-corrected chi connectivity index (χ3v) is 0. The molecule has 0 saturated carbocycles. The lowest BCUT2D eigenvalue weighted by Crippen LogP contribution is -2.03. The van der Waals surface area contributed by atoms with Crippen LogP contribution in [0.4, 0.5) is 4.79 Å². The van der Waals surface area contributed by atoms with Crippen LogP contribution in [0.2, 0.25) is 0 Å². The topological polar surface area (TPSA) is 63.3 Å². The minimum Gasteiger partial charge on any atom is -0.465 e. The van der Waals surface area contributed by atoms with Crippen LogP contribution in [0.1, 0.15) is 0 Å². The minimum atomic E-state index is -1.33. The van der Waals surface area contributed by atoms with E-state index in [2.05, 4.69) is 5.73 Å². The maximum Gasteiger partial charge on any atom is 0.402 e. The van der Waals surface area contributed by atoms with Gasteiger partial charge >= 0.3 is 6.09 Å². The molecule has 1 amide bonds. The van der Waals surface area contributed by atoms with E-state index in [1.165, 1.54) is 0 Å². The maximum atomic E-state index is 8.78. The average Bonchev–Trinajstić information content (AvgIpc) is 0.811. The lowest BCUT2D eigenvalue weighted by Gasteiger charge is -1.61. The van der Waals surface area contributed by atoms with Crippen LogP contribution in [0.15, 0.2) is 0 Å². The summed E-state index contributed by atoms with van der Waals surface area (Å²) in [5.41, 5.74) is 4.03. The third kappa shape index (κ3) is 0. The Balaban J connectivity index is 0. The number of hydrogen-bond acceptors (Lipinski definition) is 1. The van der Waals surface area contributed by atoms with Crippen molar-refractivity contribution in [2.45, 2.75) is 0 Å². The van der Waals surface area contributed by atoms with Crippen molar-refractivity contribution in [1.82, 2.24) is 0 Å². The monoisotopic (exact) mass is 189 g/mol. The van der Waals surface area contributed by atoms with Gasteiger partial charge in [-0.2, -0.15) is 0 Å². The lowest BCUT2D eigenvalue weighted by molar-refractivity contribution is 0.205. The maximum absolute atomic E-state index is 8.78. The van der Waals surface area contributed by atoms with Gasteiger partial charge in [-0.05, 0) is 0 Å². The first-order valence-corrected chi connectivity index (χ1v) is 0.716. The fraction of sp³-hybridized carbons (Fsp3) is 0. The summed E-state index contributed by atoms with van der Waals surface area (Å²) in [6, 6.07) is 0. The normalized spacial score (nSPS) is 4.80. The van der Waals surface area contributed by atoms with Crippen molar-refractivity contribution >= 4 is 30.1 Å². The summed E-state index contributed by atoms with van der Waals surface area (Å²) in [7, 11) is 0.